The first-order valence-electron chi connectivity index (χ1n) is 5.55. The number of carbonyl (C=O) groups is 2. The molecular weight excluding hydrogens is 424 g/mol. The van der Waals surface area contributed by atoms with Crippen molar-refractivity contribution in [3.8, 4) is 0 Å². The molecule has 0 unspecified atom stereocenters. The summed E-state index contributed by atoms with van der Waals surface area (Å²) in [6.45, 7) is 8.57. The molecule has 0 aliphatic rings. The van der Waals surface area contributed by atoms with Gasteiger partial charge in [-0.15, -0.1) is 0 Å². The molecule has 2 amide bonds. The summed E-state index contributed by atoms with van der Waals surface area (Å²) in [5.74, 6) is -0.193. The average Bonchev–Trinajstić information content (AvgIpc) is 2.32. The summed E-state index contributed by atoms with van der Waals surface area (Å²) < 4.78 is 4.90. The van der Waals surface area contributed by atoms with E-state index in [1.807, 2.05) is 13.8 Å². The molecule has 0 atom stereocenters. The number of hydrogen-bond acceptors (Lipinski definition) is 3. The van der Waals surface area contributed by atoms with Crippen LogP contribution in [0.25, 0.3) is 0 Å². The molecular formula is C11H27N2O3SW-. The first-order valence-corrected chi connectivity index (χ1v) is 5.55. The van der Waals surface area contributed by atoms with Crippen LogP contribution in [-0.2, 0) is 35.4 Å². The third-order valence-electron chi connectivity index (χ3n) is 1.57. The van der Waals surface area contributed by atoms with E-state index in [1.165, 1.54) is 0 Å². The van der Waals surface area contributed by atoms with Gasteiger partial charge < -0.3 is 22.3 Å². The van der Waals surface area contributed by atoms with E-state index < -0.39 is 0 Å². The summed E-state index contributed by atoms with van der Waals surface area (Å²) in [7, 11) is 1.56. The Kier molecular flexibility index (Phi) is 32.6. The molecule has 0 bridgehead atoms. The number of ether oxygens (including phenoxy) is 1. The average molecular weight is 451 g/mol. The maximum atomic E-state index is 11.0. The van der Waals surface area contributed by atoms with Crippen molar-refractivity contribution in [3.63, 3.8) is 0 Å². The van der Waals surface area contributed by atoms with Gasteiger partial charge >= 0.3 is 0 Å². The predicted octanol–water partition coefficient (Wildman–Crippen LogP) is 0.862. The Balaban J connectivity index is -0.000000124. The van der Waals surface area contributed by atoms with E-state index >= 15 is 0 Å². The summed E-state index contributed by atoms with van der Waals surface area (Å²) in [4.78, 5) is 21.8. The normalized spacial score (nSPS) is 7.78. The van der Waals surface area contributed by atoms with Gasteiger partial charge in [-0.25, -0.2) is 0 Å². The molecule has 0 fully saturated rings. The molecule has 0 saturated heterocycles. The Bertz CT molecular complexity index is 201. The third-order valence-corrected chi connectivity index (χ3v) is 1.57. The number of hydrogen-bond donors (Lipinski definition) is 2. The molecule has 18 heavy (non-hydrogen) atoms. The van der Waals surface area contributed by atoms with Crippen LogP contribution in [0.4, 0.5) is 0 Å². The van der Waals surface area contributed by atoms with Crippen molar-refractivity contribution in [3.05, 3.63) is 6.92 Å². The van der Waals surface area contributed by atoms with Crippen LogP contribution in [-0.4, -0.2) is 38.6 Å². The fraction of sp³-hybridized carbons (Fsp3) is 0.727. The maximum Gasteiger partial charge on any atom is 0.222 e. The SMILES string of the molecule is CC.S.[CH2-]COCCC(=O)NCCC(=O)NC.[HH].[W]. The largest absolute Gasteiger partial charge is 0.413 e. The number of carbonyl (C=O) groups excluding carboxylic acids is 2. The van der Waals surface area contributed by atoms with Gasteiger partial charge in [0.05, 0.1) is 6.61 Å². The van der Waals surface area contributed by atoms with Crippen molar-refractivity contribution in [2.75, 3.05) is 26.8 Å². The zero-order chi connectivity index (χ0) is 12.8. The van der Waals surface area contributed by atoms with Crippen LogP contribution in [0.3, 0.4) is 0 Å². The Morgan fingerprint density at radius 3 is 2.22 bits per heavy atom. The zero-order valence-electron chi connectivity index (χ0n) is 11.4. The van der Waals surface area contributed by atoms with Gasteiger partial charge in [0.1, 0.15) is 0 Å². The molecule has 0 aromatic heterocycles. The maximum absolute atomic E-state index is 11.0. The smallest absolute Gasteiger partial charge is 0.222 e. The molecule has 2 N–H and O–H groups in total. The zero-order valence-corrected chi connectivity index (χ0v) is 15.3. The van der Waals surface area contributed by atoms with Gasteiger partial charge in [-0.05, 0) is 0 Å². The van der Waals surface area contributed by atoms with Gasteiger partial charge in [-0.1, -0.05) is 20.5 Å². The van der Waals surface area contributed by atoms with Gasteiger partial charge in [-0.3, -0.25) is 9.59 Å². The Labute approximate surface area is 133 Å². The Morgan fingerprint density at radius 2 is 1.78 bits per heavy atom. The minimum atomic E-state index is -0.109. The Morgan fingerprint density at radius 1 is 1.22 bits per heavy atom. The van der Waals surface area contributed by atoms with Gasteiger partial charge in [0.15, 0.2) is 0 Å². The van der Waals surface area contributed by atoms with Crippen LogP contribution in [0.1, 0.15) is 28.1 Å². The van der Waals surface area contributed by atoms with Gasteiger partial charge in [0.25, 0.3) is 0 Å². The molecule has 0 aliphatic heterocycles. The minimum absolute atomic E-state index is 0. The van der Waals surface area contributed by atoms with Gasteiger partial charge in [-0.2, -0.15) is 13.5 Å². The second-order valence-corrected chi connectivity index (χ2v) is 2.64. The van der Waals surface area contributed by atoms with E-state index in [4.69, 9.17) is 4.74 Å². The minimum Gasteiger partial charge on any atom is -0.413 e. The fourth-order valence-corrected chi connectivity index (χ4v) is 0.796. The first kappa shape index (κ1) is 26.5. The summed E-state index contributed by atoms with van der Waals surface area (Å²) in [6.07, 6.45) is 0.613. The van der Waals surface area contributed by atoms with E-state index in [1.54, 1.807) is 7.05 Å². The van der Waals surface area contributed by atoms with Crippen LogP contribution in [0, 0.1) is 6.92 Å². The standard InChI is InChI=1S/C9H17N2O3.C2H6.H2S.W.H2/c1-3-14-7-5-9(13)11-6-4-8(12)10-2;1-2;;;/h1,3-7H2,2H3,(H,10,12)(H,11,13);1-2H3;1H2;;1H/q-1;;;;. The second kappa shape index (κ2) is 22.1. The van der Waals surface area contributed by atoms with Crippen molar-refractivity contribution in [2.45, 2.75) is 26.7 Å². The summed E-state index contributed by atoms with van der Waals surface area (Å²) in [5.41, 5.74) is 0. The molecule has 7 heteroatoms. The number of amides is 2. The van der Waals surface area contributed by atoms with E-state index in [-0.39, 0.29) is 47.8 Å². The van der Waals surface area contributed by atoms with Crippen LogP contribution in [0.2, 0.25) is 0 Å². The van der Waals surface area contributed by atoms with Crippen LogP contribution < -0.4 is 10.6 Å². The van der Waals surface area contributed by atoms with Crippen molar-refractivity contribution >= 4 is 25.3 Å². The molecule has 5 nitrogen and oxygen atoms in total. The second-order valence-electron chi connectivity index (χ2n) is 2.64. The monoisotopic (exact) mass is 451 g/mol. The fourth-order valence-electron chi connectivity index (χ4n) is 0.796. The molecule has 0 saturated carbocycles. The Hall–Kier alpha value is -0.0617. The molecule has 0 heterocycles. The molecule has 0 radical (unpaired) electrons. The quantitative estimate of drug-likeness (QED) is 0.446. The van der Waals surface area contributed by atoms with Crippen LogP contribution in [0.5, 0.6) is 0 Å². The van der Waals surface area contributed by atoms with Gasteiger partial charge in [0, 0.05) is 48.9 Å². The van der Waals surface area contributed by atoms with E-state index in [0.717, 1.165) is 0 Å². The molecule has 0 aromatic rings. The third kappa shape index (κ3) is 21.2. The molecule has 112 valence electrons. The molecule has 0 aliphatic carbocycles. The van der Waals surface area contributed by atoms with Gasteiger partial charge in [0.2, 0.25) is 11.8 Å². The number of rotatable bonds is 7. The van der Waals surface area contributed by atoms with Crippen LogP contribution >= 0.6 is 13.5 Å². The van der Waals surface area contributed by atoms with Crippen LogP contribution in [0.15, 0.2) is 0 Å². The molecule has 0 spiro atoms. The first-order chi connectivity index (χ1) is 7.70. The molecule has 0 aromatic carbocycles. The van der Waals surface area contributed by atoms with E-state index in [9.17, 15) is 9.59 Å². The summed E-state index contributed by atoms with van der Waals surface area (Å²) in [5, 5.41) is 5.07. The van der Waals surface area contributed by atoms with Crippen molar-refractivity contribution < 1.29 is 36.8 Å². The number of nitrogens with one attached hydrogen (secondary N) is 2. The van der Waals surface area contributed by atoms with E-state index in [2.05, 4.69) is 17.6 Å². The van der Waals surface area contributed by atoms with Crippen molar-refractivity contribution in [2.24, 2.45) is 0 Å². The topological polar surface area (TPSA) is 67.4 Å². The summed E-state index contributed by atoms with van der Waals surface area (Å²) in [6, 6.07) is 0. The molecule has 0 rings (SSSR count). The van der Waals surface area contributed by atoms with Crippen molar-refractivity contribution in [1.29, 1.82) is 0 Å². The summed E-state index contributed by atoms with van der Waals surface area (Å²) >= 11 is 0. The van der Waals surface area contributed by atoms with E-state index in [0.29, 0.717) is 32.6 Å². The van der Waals surface area contributed by atoms with Crippen molar-refractivity contribution in [1.82, 2.24) is 10.6 Å². The predicted molar refractivity (Wildman–Crippen MR) is 76.3 cm³/mol.